The van der Waals surface area contributed by atoms with Crippen LogP contribution in [0.25, 0.3) is 0 Å². The first-order valence-corrected chi connectivity index (χ1v) is 19.1. The summed E-state index contributed by atoms with van der Waals surface area (Å²) in [4.78, 5) is 0. The van der Waals surface area contributed by atoms with Crippen molar-refractivity contribution in [2.75, 3.05) is 32.4 Å². The summed E-state index contributed by atoms with van der Waals surface area (Å²) in [6.07, 6.45) is 35.3. The van der Waals surface area contributed by atoms with Crippen LogP contribution < -0.4 is 0 Å². The molecule has 0 fully saturated rings. The van der Waals surface area contributed by atoms with E-state index in [1.54, 1.807) is 6.92 Å². The predicted octanol–water partition coefficient (Wildman–Crippen LogP) is 11.1. The molecular formula is C34H74NO3S+. The Kier molecular flexibility index (Phi) is 32.4. The van der Waals surface area contributed by atoms with Crippen LogP contribution in [-0.4, -0.2) is 49.9 Å². The highest BCUT2D eigenvalue weighted by Crippen LogP contribution is 2.17. The molecule has 0 aromatic rings. The van der Waals surface area contributed by atoms with Crippen LogP contribution in [0.1, 0.15) is 188 Å². The predicted molar refractivity (Wildman–Crippen MR) is 175 cm³/mol. The van der Waals surface area contributed by atoms with Gasteiger partial charge < -0.3 is 4.48 Å². The van der Waals surface area contributed by atoms with E-state index in [2.05, 4.69) is 27.8 Å². The van der Waals surface area contributed by atoms with Crippen LogP contribution in [0.2, 0.25) is 0 Å². The maximum atomic E-state index is 9.79. The minimum Gasteiger partial charge on any atom is -0.326 e. The van der Waals surface area contributed by atoms with Gasteiger partial charge in [0.2, 0.25) is 0 Å². The van der Waals surface area contributed by atoms with E-state index in [0.717, 1.165) is 0 Å². The first-order chi connectivity index (χ1) is 18.7. The smallest absolute Gasteiger partial charge is 0.264 e. The number of quaternary nitrogens is 1. The van der Waals surface area contributed by atoms with E-state index in [1.165, 1.54) is 178 Å². The molecular weight excluding hydrogens is 502 g/mol. The Hall–Kier alpha value is -0.130. The topological polar surface area (TPSA) is 54.4 Å². The summed E-state index contributed by atoms with van der Waals surface area (Å²) in [5.41, 5.74) is 0. The maximum absolute atomic E-state index is 9.79. The minimum absolute atomic E-state index is 0.132. The molecule has 0 unspecified atom stereocenters. The van der Waals surface area contributed by atoms with Crippen LogP contribution in [0.15, 0.2) is 0 Å². The van der Waals surface area contributed by atoms with Crippen molar-refractivity contribution < 1.29 is 17.5 Å². The molecule has 0 aromatic heterocycles. The second-order valence-electron chi connectivity index (χ2n) is 12.5. The van der Waals surface area contributed by atoms with Crippen molar-refractivity contribution in [3.8, 4) is 0 Å². The maximum Gasteiger partial charge on any atom is 0.264 e. The lowest BCUT2D eigenvalue weighted by Crippen LogP contribution is -2.46. The fourth-order valence-electron chi connectivity index (χ4n) is 5.48. The summed E-state index contributed by atoms with van der Waals surface area (Å²) in [5.74, 6) is -0.132. The van der Waals surface area contributed by atoms with E-state index in [0.29, 0.717) is 6.42 Å². The molecule has 0 amide bonds. The summed E-state index contributed by atoms with van der Waals surface area (Å²) < 4.78 is 28.9. The van der Waals surface area contributed by atoms with Gasteiger partial charge in [-0.1, -0.05) is 143 Å². The number of hydrogen-bond acceptors (Lipinski definition) is 2. The molecule has 0 spiro atoms. The minimum atomic E-state index is -3.67. The van der Waals surface area contributed by atoms with Crippen molar-refractivity contribution in [3.05, 3.63) is 0 Å². The van der Waals surface area contributed by atoms with Crippen LogP contribution in [0.3, 0.4) is 0 Å². The standard InChI is InChI=1S/C31H66N.C3H8O3S/c1-5-8-11-14-17-20-23-26-29-32(4,30-27-24-21-18-15-12-9-6-2)31-28-25-22-19-16-13-10-7-3;1-2-3-7(4,5)6/h5-31H2,1-4H3;2-3H2,1H3,(H,4,5,6)/q+1;. The Morgan fingerprint density at radius 3 is 0.821 bits per heavy atom. The van der Waals surface area contributed by atoms with Crippen LogP contribution in [0.5, 0.6) is 0 Å². The number of rotatable bonds is 29. The molecule has 0 rings (SSSR count). The van der Waals surface area contributed by atoms with Crippen molar-refractivity contribution in [1.29, 1.82) is 0 Å². The largest absolute Gasteiger partial charge is 0.326 e. The molecule has 0 aliphatic rings. The van der Waals surface area contributed by atoms with Gasteiger partial charge in [-0.15, -0.1) is 0 Å². The number of hydrogen-bond donors (Lipinski definition) is 1. The first kappa shape index (κ1) is 41.0. The van der Waals surface area contributed by atoms with Gasteiger partial charge in [0.15, 0.2) is 0 Å². The fourth-order valence-corrected chi connectivity index (χ4v) is 5.99. The van der Waals surface area contributed by atoms with Gasteiger partial charge in [0.1, 0.15) is 0 Å². The van der Waals surface area contributed by atoms with E-state index >= 15 is 0 Å². The highest BCUT2D eigenvalue weighted by Gasteiger charge is 2.20. The number of unbranched alkanes of at least 4 members (excludes halogenated alkanes) is 21. The fraction of sp³-hybridized carbons (Fsp3) is 1.00. The Bertz CT molecular complexity index is 514. The van der Waals surface area contributed by atoms with Crippen molar-refractivity contribution >= 4 is 10.1 Å². The second kappa shape index (κ2) is 30.8. The lowest BCUT2D eigenvalue weighted by molar-refractivity contribution is -0.910. The van der Waals surface area contributed by atoms with Gasteiger partial charge in [0.25, 0.3) is 10.1 Å². The van der Waals surface area contributed by atoms with Gasteiger partial charge in [-0.25, -0.2) is 0 Å². The van der Waals surface area contributed by atoms with Crippen molar-refractivity contribution in [3.63, 3.8) is 0 Å². The summed E-state index contributed by atoms with van der Waals surface area (Å²) in [5, 5.41) is 0. The average Bonchev–Trinajstić information content (AvgIpc) is 2.88. The van der Waals surface area contributed by atoms with Crippen LogP contribution in [-0.2, 0) is 10.1 Å². The average molecular weight is 577 g/mol. The second-order valence-corrected chi connectivity index (χ2v) is 14.1. The van der Waals surface area contributed by atoms with Gasteiger partial charge in [-0.05, 0) is 44.9 Å². The highest BCUT2D eigenvalue weighted by molar-refractivity contribution is 7.85. The van der Waals surface area contributed by atoms with Crippen LogP contribution >= 0.6 is 0 Å². The SMILES string of the molecule is CCCCCCCCCC[N+](C)(CCCCCCCCCC)CCCCCCCCCC.CCCS(=O)(=O)O. The molecule has 238 valence electrons. The van der Waals surface area contributed by atoms with E-state index in [1.807, 2.05) is 0 Å². The van der Waals surface area contributed by atoms with E-state index < -0.39 is 10.1 Å². The third-order valence-electron chi connectivity index (χ3n) is 8.12. The third kappa shape index (κ3) is 35.8. The van der Waals surface area contributed by atoms with Gasteiger partial charge in [0, 0.05) is 0 Å². The quantitative estimate of drug-likeness (QED) is 0.0547. The summed E-state index contributed by atoms with van der Waals surface area (Å²) >= 11 is 0. The Balaban J connectivity index is 0. The molecule has 0 heterocycles. The molecule has 0 saturated carbocycles. The summed E-state index contributed by atoms with van der Waals surface area (Å²) in [6.45, 7) is 12.9. The lowest BCUT2D eigenvalue weighted by atomic mass is 10.1. The van der Waals surface area contributed by atoms with Gasteiger partial charge >= 0.3 is 0 Å². The lowest BCUT2D eigenvalue weighted by Gasteiger charge is -2.35. The highest BCUT2D eigenvalue weighted by atomic mass is 32.2. The molecule has 0 aliphatic carbocycles. The van der Waals surface area contributed by atoms with E-state index in [-0.39, 0.29) is 5.75 Å². The number of nitrogens with zero attached hydrogens (tertiary/aromatic N) is 1. The van der Waals surface area contributed by atoms with Gasteiger partial charge in [-0.3, -0.25) is 4.55 Å². The Morgan fingerprint density at radius 1 is 0.410 bits per heavy atom. The van der Waals surface area contributed by atoms with Crippen molar-refractivity contribution in [2.45, 2.75) is 188 Å². The Labute approximate surface area is 247 Å². The molecule has 0 radical (unpaired) electrons. The zero-order chi connectivity index (χ0) is 29.5. The molecule has 39 heavy (non-hydrogen) atoms. The van der Waals surface area contributed by atoms with E-state index in [4.69, 9.17) is 4.55 Å². The van der Waals surface area contributed by atoms with Crippen molar-refractivity contribution in [1.82, 2.24) is 0 Å². The molecule has 5 heteroatoms. The molecule has 0 aliphatic heterocycles. The first-order valence-electron chi connectivity index (χ1n) is 17.5. The normalized spacial score (nSPS) is 11.9. The molecule has 0 aromatic carbocycles. The summed E-state index contributed by atoms with van der Waals surface area (Å²) in [6, 6.07) is 0. The zero-order valence-electron chi connectivity index (χ0n) is 27.6. The molecule has 0 saturated heterocycles. The molecule has 0 atom stereocenters. The molecule has 1 N–H and O–H groups in total. The Morgan fingerprint density at radius 2 is 0.641 bits per heavy atom. The molecule has 0 bridgehead atoms. The van der Waals surface area contributed by atoms with E-state index in [9.17, 15) is 8.42 Å². The van der Waals surface area contributed by atoms with Crippen LogP contribution in [0, 0.1) is 0 Å². The van der Waals surface area contributed by atoms with Gasteiger partial charge in [-0.2, -0.15) is 8.42 Å². The zero-order valence-corrected chi connectivity index (χ0v) is 28.4. The molecule has 4 nitrogen and oxygen atoms in total. The third-order valence-corrected chi connectivity index (χ3v) is 9.04. The summed E-state index contributed by atoms with van der Waals surface area (Å²) in [7, 11) is -1.09. The monoisotopic (exact) mass is 577 g/mol. The van der Waals surface area contributed by atoms with Gasteiger partial charge in [0.05, 0.1) is 32.4 Å². The van der Waals surface area contributed by atoms with Crippen LogP contribution in [0.4, 0.5) is 0 Å². The van der Waals surface area contributed by atoms with Crippen molar-refractivity contribution in [2.24, 2.45) is 0 Å².